The molecule has 0 unspecified atom stereocenters. The molecule has 0 saturated carbocycles. The first-order valence-electron chi connectivity index (χ1n) is 9.42. The van der Waals surface area contributed by atoms with Gasteiger partial charge in [0.15, 0.2) is 5.96 Å². The number of aryl methyl sites for hydroxylation is 3. The number of anilines is 1. The van der Waals surface area contributed by atoms with E-state index in [1.54, 1.807) is 18.3 Å². The Morgan fingerprint density at radius 3 is 2.62 bits per heavy atom. The lowest BCUT2D eigenvalue weighted by atomic mass is 10.2. The molecule has 1 aromatic carbocycles. The first-order valence-corrected chi connectivity index (χ1v) is 11.9. The lowest BCUT2D eigenvalue weighted by molar-refractivity contribution is 0.600. The van der Waals surface area contributed by atoms with Gasteiger partial charge in [-0.3, -0.25) is 9.71 Å². The molecule has 0 aliphatic heterocycles. The van der Waals surface area contributed by atoms with Crippen LogP contribution in [0.4, 0.5) is 10.1 Å². The van der Waals surface area contributed by atoms with Gasteiger partial charge < -0.3 is 10.6 Å². The number of benzene rings is 1. The molecule has 160 valence electrons. The van der Waals surface area contributed by atoms with Gasteiger partial charge in [-0.2, -0.15) is 0 Å². The summed E-state index contributed by atoms with van der Waals surface area (Å²) < 4.78 is 40.4. The van der Waals surface area contributed by atoms with E-state index in [-0.39, 0.29) is 18.0 Å². The molecule has 7 nitrogen and oxygen atoms in total. The van der Waals surface area contributed by atoms with Crippen molar-refractivity contribution in [2.24, 2.45) is 4.99 Å². The van der Waals surface area contributed by atoms with Gasteiger partial charge in [-0.1, -0.05) is 6.07 Å². The molecule has 1 aromatic heterocycles. The smallest absolute Gasteiger partial charge is 0.234 e. The van der Waals surface area contributed by atoms with Gasteiger partial charge in [0.05, 0.1) is 28.7 Å². The van der Waals surface area contributed by atoms with Crippen LogP contribution in [0.1, 0.15) is 28.1 Å². The topological polar surface area (TPSA) is 95.5 Å². The lowest BCUT2D eigenvalue weighted by Crippen LogP contribution is -2.38. The van der Waals surface area contributed by atoms with Crippen molar-refractivity contribution in [2.75, 3.05) is 30.1 Å². The highest BCUT2D eigenvalue weighted by molar-refractivity contribution is 7.92. The molecule has 0 saturated heterocycles. The summed E-state index contributed by atoms with van der Waals surface area (Å²) in [5, 5.41) is 7.34. The van der Waals surface area contributed by atoms with Crippen LogP contribution in [-0.4, -0.2) is 44.7 Å². The van der Waals surface area contributed by atoms with E-state index in [0.29, 0.717) is 24.6 Å². The Balaban J connectivity index is 1.86. The average Bonchev–Trinajstić information content (AvgIpc) is 2.95. The van der Waals surface area contributed by atoms with E-state index in [0.717, 1.165) is 17.1 Å². The van der Waals surface area contributed by atoms with Crippen molar-refractivity contribution in [3.63, 3.8) is 0 Å². The second-order valence-electron chi connectivity index (χ2n) is 6.57. The van der Waals surface area contributed by atoms with Crippen LogP contribution in [0.2, 0.25) is 0 Å². The van der Waals surface area contributed by atoms with Gasteiger partial charge in [-0.25, -0.2) is 17.8 Å². The molecule has 2 aromatic rings. The number of halogens is 1. The highest BCUT2D eigenvalue weighted by Gasteiger charge is 2.11. The summed E-state index contributed by atoms with van der Waals surface area (Å²) in [6, 6.07) is 4.24. The Bertz CT molecular complexity index is 938. The molecule has 0 aliphatic rings. The number of hydrogen-bond donors (Lipinski definition) is 3. The van der Waals surface area contributed by atoms with Gasteiger partial charge in [-0.05, 0) is 45.4 Å². The average molecular weight is 442 g/mol. The normalized spacial score (nSPS) is 12.1. The minimum Gasteiger partial charge on any atom is -0.357 e. The van der Waals surface area contributed by atoms with E-state index in [1.165, 1.54) is 23.1 Å². The Hall–Kier alpha value is -2.20. The van der Waals surface area contributed by atoms with Crippen molar-refractivity contribution in [2.45, 2.75) is 34.1 Å². The summed E-state index contributed by atoms with van der Waals surface area (Å²) in [5.74, 6) is -0.106. The van der Waals surface area contributed by atoms with Gasteiger partial charge >= 0.3 is 0 Å². The van der Waals surface area contributed by atoms with Crippen LogP contribution in [-0.2, 0) is 16.4 Å². The number of aliphatic imine (C=N–C) groups is 1. The maximum absolute atomic E-state index is 13.6. The third kappa shape index (κ3) is 7.62. The highest BCUT2D eigenvalue weighted by Crippen LogP contribution is 2.16. The number of aromatic nitrogens is 1. The number of nitrogens with zero attached hydrogens (tertiary/aromatic N) is 2. The van der Waals surface area contributed by atoms with E-state index >= 15 is 0 Å². The number of sulfonamides is 1. The Kier molecular flexibility index (Phi) is 8.39. The van der Waals surface area contributed by atoms with Crippen LogP contribution >= 0.6 is 11.3 Å². The monoisotopic (exact) mass is 441 g/mol. The number of hydrogen-bond acceptors (Lipinski definition) is 5. The fraction of sp³-hybridized carbons (Fsp3) is 0.474. The molecule has 1 heterocycles. The van der Waals surface area contributed by atoms with E-state index < -0.39 is 15.8 Å². The minimum atomic E-state index is -3.63. The summed E-state index contributed by atoms with van der Waals surface area (Å²) in [5.41, 5.74) is 1.72. The van der Waals surface area contributed by atoms with Gasteiger partial charge in [-0.15, -0.1) is 11.3 Å². The minimum absolute atomic E-state index is 0.0779. The fourth-order valence-electron chi connectivity index (χ4n) is 2.44. The van der Waals surface area contributed by atoms with E-state index in [2.05, 4.69) is 32.3 Å². The third-order valence-corrected chi connectivity index (χ3v) is 6.52. The predicted molar refractivity (Wildman–Crippen MR) is 118 cm³/mol. The second kappa shape index (κ2) is 10.5. The van der Waals surface area contributed by atoms with Gasteiger partial charge in [0.1, 0.15) is 5.82 Å². The largest absolute Gasteiger partial charge is 0.357 e. The molecule has 0 bridgehead atoms. The number of guanidine groups is 1. The summed E-state index contributed by atoms with van der Waals surface area (Å²) in [7, 11) is -3.63. The molecule has 0 fully saturated rings. The van der Waals surface area contributed by atoms with Crippen LogP contribution in [0.15, 0.2) is 23.2 Å². The summed E-state index contributed by atoms with van der Waals surface area (Å²) in [6.45, 7) is 8.99. The van der Waals surface area contributed by atoms with E-state index in [4.69, 9.17) is 0 Å². The molecule has 2 rings (SSSR count). The molecule has 0 radical (unpaired) electrons. The zero-order chi connectivity index (χ0) is 21.4. The first kappa shape index (κ1) is 23.1. The maximum Gasteiger partial charge on any atom is 0.234 e. The van der Waals surface area contributed by atoms with Crippen LogP contribution in [0.25, 0.3) is 0 Å². The summed E-state index contributed by atoms with van der Waals surface area (Å²) in [6.07, 6.45) is 0.766. The third-order valence-electron chi connectivity index (χ3n) is 4.12. The van der Waals surface area contributed by atoms with Crippen molar-refractivity contribution < 1.29 is 12.8 Å². The molecular weight excluding hydrogens is 413 g/mol. The zero-order valence-electron chi connectivity index (χ0n) is 17.2. The van der Waals surface area contributed by atoms with Gasteiger partial charge in [0.25, 0.3) is 0 Å². The molecular formula is C19H28FN5O2S2. The molecule has 29 heavy (non-hydrogen) atoms. The van der Waals surface area contributed by atoms with Crippen LogP contribution in [0.3, 0.4) is 0 Å². The second-order valence-corrected chi connectivity index (χ2v) is 9.70. The lowest BCUT2D eigenvalue weighted by Gasteiger charge is -2.11. The molecule has 0 amide bonds. The number of rotatable bonds is 9. The predicted octanol–water partition coefficient (Wildman–Crippen LogP) is 2.75. The van der Waals surface area contributed by atoms with Crippen molar-refractivity contribution in [1.82, 2.24) is 15.6 Å². The van der Waals surface area contributed by atoms with Crippen molar-refractivity contribution >= 4 is 33.0 Å². The maximum atomic E-state index is 13.6. The van der Waals surface area contributed by atoms with Crippen LogP contribution in [0.5, 0.6) is 0 Å². The molecule has 10 heteroatoms. The van der Waals surface area contributed by atoms with E-state index in [9.17, 15) is 12.8 Å². The Morgan fingerprint density at radius 2 is 2.00 bits per heavy atom. The standard InChI is InChI=1S/C19H28FN5O2S2/c1-5-21-19(22-9-8-18-24-14(3)15(4)28-18)23-10-11-29(26,27)25-16-7-6-13(2)17(20)12-16/h6-7,12,25H,5,8-11H2,1-4H3,(H2,21,22,23). The molecule has 0 atom stereocenters. The van der Waals surface area contributed by atoms with Crippen molar-refractivity contribution in [3.8, 4) is 0 Å². The summed E-state index contributed by atoms with van der Waals surface area (Å²) in [4.78, 5) is 10.0. The van der Waals surface area contributed by atoms with E-state index in [1.807, 2.05) is 13.8 Å². The van der Waals surface area contributed by atoms with Crippen LogP contribution in [0, 0.1) is 26.6 Å². The number of nitrogens with one attached hydrogen (secondary N) is 3. The summed E-state index contributed by atoms with van der Waals surface area (Å²) >= 11 is 1.68. The van der Waals surface area contributed by atoms with Crippen molar-refractivity contribution in [1.29, 1.82) is 0 Å². The first-order chi connectivity index (χ1) is 13.7. The zero-order valence-corrected chi connectivity index (χ0v) is 18.8. The quantitative estimate of drug-likeness (QED) is 0.411. The number of thiazole rings is 1. The van der Waals surface area contributed by atoms with Crippen molar-refractivity contribution in [3.05, 3.63) is 45.2 Å². The SMILES string of the molecule is CCNC(=NCCS(=O)(=O)Nc1ccc(C)c(F)c1)NCCc1nc(C)c(C)s1. The molecule has 0 spiro atoms. The fourth-order valence-corrected chi connectivity index (χ4v) is 4.29. The Labute approximate surface area is 175 Å². The molecule has 3 N–H and O–H groups in total. The Morgan fingerprint density at radius 1 is 1.24 bits per heavy atom. The van der Waals surface area contributed by atoms with Gasteiger partial charge in [0, 0.05) is 24.4 Å². The molecule has 0 aliphatic carbocycles. The van der Waals surface area contributed by atoms with Crippen LogP contribution < -0.4 is 15.4 Å². The van der Waals surface area contributed by atoms with Gasteiger partial charge in [0.2, 0.25) is 10.0 Å². The highest BCUT2D eigenvalue weighted by atomic mass is 32.2.